The van der Waals surface area contributed by atoms with Gasteiger partial charge < -0.3 is 16.0 Å². The number of rotatable bonds is 4. The lowest BCUT2D eigenvalue weighted by atomic mass is 9.81. The van der Waals surface area contributed by atoms with Gasteiger partial charge in [-0.25, -0.2) is 9.97 Å². The number of amides is 1. The second-order valence-corrected chi connectivity index (χ2v) is 8.06. The lowest BCUT2D eigenvalue weighted by Gasteiger charge is -2.27. The first-order valence-electron chi connectivity index (χ1n) is 10.6. The van der Waals surface area contributed by atoms with Crippen LogP contribution in [0.1, 0.15) is 44.3 Å². The SMILES string of the molecule is CCNC(=O)C1CCC(c2nc(-c3cc4ccccc4[nH]3)c3c(N)nccn23)CC1. The molecule has 7 heteroatoms. The molecule has 0 spiro atoms. The van der Waals surface area contributed by atoms with Crippen molar-refractivity contribution in [1.82, 2.24) is 24.7 Å². The maximum absolute atomic E-state index is 12.2. The highest BCUT2D eigenvalue weighted by Crippen LogP contribution is 2.38. The molecule has 3 aromatic heterocycles. The van der Waals surface area contributed by atoms with E-state index in [2.05, 4.69) is 37.9 Å². The Bertz CT molecular complexity index is 1180. The number of hydrogen-bond acceptors (Lipinski definition) is 4. The number of aromatic nitrogens is 4. The summed E-state index contributed by atoms with van der Waals surface area (Å²) in [6.07, 6.45) is 7.31. The molecule has 3 heterocycles. The topological polar surface area (TPSA) is 101 Å². The highest BCUT2D eigenvalue weighted by atomic mass is 16.1. The average Bonchev–Trinajstić information content (AvgIpc) is 3.36. The largest absolute Gasteiger partial charge is 0.382 e. The van der Waals surface area contributed by atoms with Crippen LogP contribution in [-0.2, 0) is 4.79 Å². The standard InChI is InChI=1S/C23H26N6O/c1-2-25-23(30)15-9-7-14(8-10-15)22-28-19(20-21(24)26-11-12-29(20)22)18-13-16-5-3-4-6-17(16)27-18/h3-6,11-15,27H,2,7-10H2,1H3,(H2,24,26)(H,25,30). The highest BCUT2D eigenvalue weighted by molar-refractivity contribution is 5.91. The predicted octanol–water partition coefficient (Wildman–Crippen LogP) is 3.87. The Hall–Kier alpha value is -3.35. The predicted molar refractivity (Wildman–Crippen MR) is 118 cm³/mol. The van der Waals surface area contributed by atoms with E-state index in [9.17, 15) is 4.79 Å². The van der Waals surface area contributed by atoms with E-state index in [0.717, 1.165) is 59.3 Å². The molecule has 0 unspecified atom stereocenters. The summed E-state index contributed by atoms with van der Waals surface area (Å²) in [6.45, 7) is 2.65. The molecule has 1 aliphatic rings. The Morgan fingerprint density at radius 3 is 2.83 bits per heavy atom. The number of H-pyrrole nitrogens is 1. The van der Waals surface area contributed by atoms with Gasteiger partial charge in [-0.05, 0) is 44.7 Å². The van der Waals surface area contributed by atoms with Crippen molar-refractivity contribution in [3.05, 3.63) is 48.5 Å². The van der Waals surface area contributed by atoms with Gasteiger partial charge in [0, 0.05) is 41.7 Å². The summed E-state index contributed by atoms with van der Waals surface area (Å²) in [5.41, 5.74) is 9.97. The minimum absolute atomic E-state index is 0.104. The summed E-state index contributed by atoms with van der Waals surface area (Å²) in [7, 11) is 0. The van der Waals surface area contributed by atoms with Gasteiger partial charge in [0.1, 0.15) is 22.9 Å². The van der Waals surface area contributed by atoms with Crippen LogP contribution in [0, 0.1) is 5.92 Å². The van der Waals surface area contributed by atoms with Crippen LogP contribution in [-0.4, -0.2) is 31.8 Å². The van der Waals surface area contributed by atoms with Crippen molar-refractivity contribution in [1.29, 1.82) is 0 Å². The van der Waals surface area contributed by atoms with Crippen LogP contribution in [0.4, 0.5) is 5.82 Å². The molecule has 0 aliphatic heterocycles. The molecule has 4 aromatic rings. The molecular weight excluding hydrogens is 376 g/mol. The van der Waals surface area contributed by atoms with E-state index in [1.165, 1.54) is 0 Å². The summed E-state index contributed by atoms with van der Waals surface area (Å²) in [5.74, 6) is 2.05. The number of nitrogens with zero attached hydrogens (tertiary/aromatic N) is 3. The zero-order valence-electron chi connectivity index (χ0n) is 17.1. The lowest BCUT2D eigenvalue weighted by molar-refractivity contribution is -0.125. The minimum atomic E-state index is 0.104. The van der Waals surface area contributed by atoms with E-state index < -0.39 is 0 Å². The Kier molecular flexibility index (Phi) is 4.65. The number of para-hydroxylation sites is 1. The highest BCUT2D eigenvalue weighted by Gasteiger charge is 2.30. The third-order valence-corrected chi connectivity index (χ3v) is 6.21. The zero-order chi connectivity index (χ0) is 20.7. The number of hydrogen-bond donors (Lipinski definition) is 3. The molecule has 0 bridgehead atoms. The van der Waals surface area contributed by atoms with E-state index in [4.69, 9.17) is 10.7 Å². The van der Waals surface area contributed by atoms with E-state index in [1.54, 1.807) is 6.20 Å². The molecule has 1 fully saturated rings. The maximum Gasteiger partial charge on any atom is 0.223 e. The van der Waals surface area contributed by atoms with Gasteiger partial charge >= 0.3 is 0 Å². The molecule has 0 radical (unpaired) electrons. The first kappa shape index (κ1) is 18.7. The summed E-state index contributed by atoms with van der Waals surface area (Å²) < 4.78 is 2.08. The summed E-state index contributed by atoms with van der Waals surface area (Å²) in [5, 5.41) is 4.10. The second kappa shape index (κ2) is 7.48. The van der Waals surface area contributed by atoms with Gasteiger partial charge in [-0.15, -0.1) is 0 Å². The number of nitrogens with one attached hydrogen (secondary N) is 2. The Labute approximate surface area is 174 Å². The van der Waals surface area contributed by atoms with E-state index in [1.807, 2.05) is 25.3 Å². The summed E-state index contributed by atoms with van der Waals surface area (Å²) in [6, 6.07) is 10.3. The third kappa shape index (κ3) is 3.10. The fourth-order valence-corrected chi connectivity index (χ4v) is 4.70. The van der Waals surface area contributed by atoms with Crippen molar-refractivity contribution in [2.24, 2.45) is 5.92 Å². The maximum atomic E-state index is 12.2. The van der Waals surface area contributed by atoms with Gasteiger partial charge in [-0.1, -0.05) is 18.2 Å². The fourth-order valence-electron chi connectivity index (χ4n) is 4.70. The molecule has 0 atom stereocenters. The van der Waals surface area contributed by atoms with Crippen LogP contribution in [0.15, 0.2) is 42.7 Å². The van der Waals surface area contributed by atoms with Crippen molar-refractivity contribution < 1.29 is 4.79 Å². The third-order valence-electron chi connectivity index (χ3n) is 6.21. The summed E-state index contributed by atoms with van der Waals surface area (Å²) >= 11 is 0. The number of benzene rings is 1. The van der Waals surface area contributed by atoms with Crippen molar-refractivity contribution in [3.8, 4) is 11.4 Å². The molecule has 0 saturated heterocycles. The van der Waals surface area contributed by atoms with Crippen LogP contribution in [0.5, 0.6) is 0 Å². The second-order valence-electron chi connectivity index (χ2n) is 8.06. The monoisotopic (exact) mass is 402 g/mol. The van der Waals surface area contributed by atoms with Gasteiger partial charge in [-0.2, -0.15) is 0 Å². The van der Waals surface area contributed by atoms with E-state index >= 15 is 0 Å². The number of imidazole rings is 1. The number of carbonyl (C=O) groups excluding carboxylic acids is 1. The van der Waals surface area contributed by atoms with Crippen LogP contribution < -0.4 is 11.1 Å². The van der Waals surface area contributed by atoms with Crippen molar-refractivity contribution >= 4 is 28.1 Å². The normalized spacial score (nSPS) is 19.4. The number of aromatic amines is 1. The Balaban J connectivity index is 1.53. The number of anilines is 1. The Morgan fingerprint density at radius 1 is 1.27 bits per heavy atom. The first-order chi connectivity index (χ1) is 14.7. The number of fused-ring (bicyclic) bond motifs is 2. The minimum Gasteiger partial charge on any atom is -0.382 e. The van der Waals surface area contributed by atoms with Crippen LogP contribution in [0.3, 0.4) is 0 Å². The molecule has 154 valence electrons. The average molecular weight is 403 g/mol. The molecule has 1 amide bonds. The van der Waals surface area contributed by atoms with Gasteiger partial charge in [0.15, 0.2) is 0 Å². The molecular formula is C23H26N6O. The van der Waals surface area contributed by atoms with Crippen molar-refractivity contribution in [2.45, 2.75) is 38.5 Å². The molecule has 7 nitrogen and oxygen atoms in total. The van der Waals surface area contributed by atoms with Gasteiger partial charge in [0.25, 0.3) is 0 Å². The van der Waals surface area contributed by atoms with E-state index in [0.29, 0.717) is 18.3 Å². The molecule has 1 aliphatic carbocycles. The smallest absolute Gasteiger partial charge is 0.223 e. The molecule has 4 N–H and O–H groups in total. The van der Waals surface area contributed by atoms with Gasteiger partial charge in [-0.3, -0.25) is 9.20 Å². The molecule has 30 heavy (non-hydrogen) atoms. The van der Waals surface area contributed by atoms with Crippen molar-refractivity contribution in [3.63, 3.8) is 0 Å². The molecule has 1 saturated carbocycles. The Morgan fingerprint density at radius 2 is 2.07 bits per heavy atom. The van der Waals surface area contributed by atoms with Gasteiger partial charge in [0.2, 0.25) is 5.91 Å². The summed E-state index contributed by atoms with van der Waals surface area (Å²) in [4.78, 5) is 25.1. The number of carbonyl (C=O) groups is 1. The van der Waals surface area contributed by atoms with Crippen LogP contribution in [0.2, 0.25) is 0 Å². The first-order valence-corrected chi connectivity index (χ1v) is 10.6. The lowest BCUT2D eigenvalue weighted by Crippen LogP contribution is -2.32. The van der Waals surface area contributed by atoms with Crippen LogP contribution in [0.25, 0.3) is 27.8 Å². The quantitative estimate of drug-likeness (QED) is 0.482. The van der Waals surface area contributed by atoms with Gasteiger partial charge in [0.05, 0.1) is 5.69 Å². The van der Waals surface area contributed by atoms with E-state index in [-0.39, 0.29) is 11.8 Å². The number of nitrogen functional groups attached to an aromatic ring is 1. The van der Waals surface area contributed by atoms with Crippen LogP contribution >= 0.6 is 0 Å². The molecule has 1 aromatic carbocycles. The van der Waals surface area contributed by atoms with Crippen molar-refractivity contribution in [2.75, 3.05) is 12.3 Å². The fraction of sp³-hybridized carbons (Fsp3) is 0.348. The zero-order valence-corrected chi connectivity index (χ0v) is 17.1. The number of nitrogens with two attached hydrogens (primary N) is 1. The molecule has 5 rings (SSSR count).